The molecule has 7 N–H and O–H groups in total. The fourth-order valence-electron chi connectivity index (χ4n) is 11.5. The van der Waals surface area contributed by atoms with Crippen LogP contribution in [0.25, 0.3) is 45.0 Å². The minimum Gasteiger partial charge on any atom is -0.395 e. The van der Waals surface area contributed by atoms with Gasteiger partial charge in [-0.25, -0.2) is 19.9 Å². The van der Waals surface area contributed by atoms with E-state index in [-0.39, 0.29) is 30.2 Å². The van der Waals surface area contributed by atoms with E-state index in [1.165, 1.54) is 12.4 Å². The first-order valence-electron chi connectivity index (χ1n) is 35.5. The van der Waals surface area contributed by atoms with Gasteiger partial charge in [0.1, 0.15) is 22.6 Å². The lowest BCUT2D eigenvalue weighted by atomic mass is 10.1. The van der Waals surface area contributed by atoms with E-state index in [0.717, 1.165) is 116 Å². The summed E-state index contributed by atoms with van der Waals surface area (Å²) in [5, 5.41) is 35.4. The molecule has 2 saturated heterocycles. The van der Waals surface area contributed by atoms with Gasteiger partial charge < -0.3 is 51.5 Å². The fraction of sp³-hybridized carbons (Fsp3) is 0.181. The highest BCUT2D eigenvalue weighted by molar-refractivity contribution is 6.35. The number of carbonyl (C=O) groups is 4. The molecule has 4 aromatic carbocycles. The van der Waals surface area contributed by atoms with Gasteiger partial charge in [-0.1, -0.05) is 89.2 Å². The highest BCUT2D eigenvalue weighted by Gasteiger charge is 2.22. The molecule has 10 heterocycles. The number of aliphatic hydroxyl groups is 2. The molecule has 0 saturated carbocycles. The Bertz CT molecular complexity index is 5040. The van der Waals surface area contributed by atoms with Crippen molar-refractivity contribution in [3.05, 3.63) is 291 Å². The van der Waals surface area contributed by atoms with Crippen LogP contribution < -0.4 is 36.4 Å². The van der Waals surface area contributed by atoms with Crippen molar-refractivity contribution in [1.82, 2.24) is 49.7 Å². The number of benzene rings is 4. The van der Waals surface area contributed by atoms with Crippen LogP contribution in [0.15, 0.2) is 244 Å². The molecule has 566 valence electrons. The molecule has 8 aromatic heterocycles. The van der Waals surface area contributed by atoms with E-state index in [1.807, 2.05) is 103 Å². The van der Waals surface area contributed by atoms with Gasteiger partial charge in [0.15, 0.2) is 0 Å². The lowest BCUT2D eigenvalue weighted by molar-refractivity contribution is 0.101. The molecule has 1 atom stereocenters. The maximum Gasteiger partial charge on any atom is 0.257 e. The van der Waals surface area contributed by atoms with Crippen LogP contribution in [0.1, 0.15) is 55.3 Å². The number of nitrogens with zero attached hydrogens (tertiary/aromatic N) is 12. The number of hydrogen-bond donors (Lipinski definition) is 7. The largest absolute Gasteiger partial charge is 0.395 e. The Hall–Kier alpha value is -11.4. The SMILES string of the molecule is CCN1CCN(c2ccc(C(=O)Nc3ccc(Cl)c(-c4ccccn4)c3)cn2)CC1.C[C@@H](O)CNc1ccc(C(=O)Nc2ccc(Cl)c(-c3ccccn3)c2)cn1.O=C(Nc1ccc(Cl)c(-c2ccccn2)c1)c1ccc(Cl)nc1.O=C(Nc1ccc(Cl)c(-c2ccccn2)c1)c1ccc(N2CCN(CCO)CC2)nc1. The number of carbonyl (C=O) groups excluding carboxylic acids is 4. The monoisotopic (exact) mass is 1580 g/mol. The molecule has 0 radical (unpaired) electrons. The van der Waals surface area contributed by atoms with Gasteiger partial charge in [-0.3, -0.25) is 44.0 Å². The van der Waals surface area contributed by atoms with Gasteiger partial charge in [-0.05, 0) is 183 Å². The number of nitrogens with one attached hydrogen (secondary N) is 5. The van der Waals surface area contributed by atoms with Crippen LogP contribution in [0, 0.1) is 0 Å². The minimum absolute atomic E-state index is 0.180. The maximum atomic E-state index is 12.7. The van der Waals surface area contributed by atoms with Crippen molar-refractivity contribution < 1.29 is 29.4 Å². The maximum absolute atomic E-state index is 12.7. The molecule has 0 aliphatic carbocycles. The zero-order chi connectivity index (χ0) is 78.0. The number of β-amino-alcohol motifs (C(OH)–C–C–N with tert-alkyl or cyclic N) is 1. The van der Waals surface area contributed by atoms with Gasteiger partial charge >= 0.3 is 0 Å². The van der Waals surface area contributed by atoms with Crippen molar-refractivity contribution >= 4 is 122 Å². The molecule has 12 aromatic rings. The van der Waals surface area contributed by atoms with E-state index in [1.54, 1.807) is 135 Å². The first-order chi connectivity index (χ1) is 53.9. The number of rotatable bonds is 20. The van der Waals surface area contributed by atoms with E-state index in [9.17, 15) is 24.3 Å². The summed E-state index contributed by atoms with van der Waals surface area (Å²) >= 11 is 30.9. The topological polar surface area (TPSA) is 285 Å². The Balaban J connectivity index is 0.000000147. The zero-order valence-electron chi connectivity index (χ0n) is 60.4. The van der Waals surface area contributed by atoms with Gasteiger partial charge in [0, 0.05) is 160 Å². The first kappa shape index (κ1) is 80.7. The molecule has 0 unspecified atom stereocenters. The normalized spacial score (nSPS) is 12.9. The quantitative estimate of drug-likeness (QED) is 0.0349. The summed E-state index contributed by atoms with van der Waals surface area (Å²) in [6.45, 7) is 13.7. The van der Waals surface area contributed by atoms with Crippen LogP contribution in [0.3, 0.4) is 0 Å². The molecule has 14 rings (SSSR count). The summed E-state index contributed by atoms with van der Waals surface area (Å²) in [5.74, 6) is 1.36. The Kier molecular flexibility index (Phi) is 29.3. The first-order valence-corrected chi connectivity index (χ1v) is 37.4. The molecule has 23 nitrogen and oxygen atoms in total. The van der Waals surface area contributed by atoms with E-state index in [4.69, 9.17) is 63.1 Å². The van der Waals surface area contributed by atoms with Gasteiger partial charge in [-0.15, -0.1) is 0 Å². The summed E-state index contributed by atoms with van der Waals surface area (Å²) in [5.41, 5.74) is 10.4. The highest BCUT2D eigenvalue weighted by atomic mass is 35.5. The molecule has 0 bridgehead atoms. The number of aromatic nitrogens is 8. The highest BCUT2D eigenvalue weighted by Crippen LogP contribution is 2.34. The van der Waals surface area contributed by atoms with Crippen LogP contribution >= 0.6 is 58.0 Å². The van der Waals surface area contributed by atoms with Gasteiger partial charge in [0.05, 0.1) is 77.8 Å². The third-order valence-electron chi connectivity index (χ3n) is 17.5. The molecule has 4 amide bonds. The average Bonchev–Trinajstić information content (AvgIpc) is 0.893. The molecule has 2 aliphatic heterocycles. The van der Waals surface area contributed by atoms with Crippen LogP contribution in [0.5, 0.6) is 0 Å². The second kappa shape index (κ2) is 40.4. The Morgan fingerprint density at radius 3 is 1.01 bits per heavy atom. The fourth-order valence-corrected chi connectivity index (χ4v) is 12.5. The zero-order valence-corrected chi connectivity index (χ0v) is 64.2. The molecule has 2 aliphatic rings. The van der Waals surface area contributed by atoms with Crippen molar-refractivity contribution in [3.8, 4) is 45.0 Å². The van der Waals surface area contributed by atoms with Crippen molar-refractivity contribution in [2.75, 3.05) is 115 Å². The van der Waals surface area contributed by atoms with Gasteiger partial charge in [0.25, 0.3) is 23.6 Å². The summed E-state index contributed by atoms with van der Waals surface area (Å²) in [4.78, 5) is 93.5. The number of anilines is 7. The van der Waals surface area contributed by atoms with Crippen molar-refractivity contribution in [2.24, 2.45) is 0 Å². The van der Waals surface area contributed by atoms with E-state index < -0.39 is 6.10 Å². The molecule has 28 heteroatoms. The number of likely N-dealkylation sites (N-methyl/N-ethyl adjacent to an activating group) is 1. The number of aliphatic hydroxyl groups excluding tert-OH is 2. The van der Waals surface area contributed by atoms with Gasteiger partial charge in [0.2, 0.25) is 0 Å². The van der Waals surface area contributed by atoms with Crippen LogP contribution in [0.2, 0.25) is 25.2 Å². The van der Waals surface area contributed by atoms with Crippen LogP contribution in [0.4, 0.5) is 40.2 Å². The van der Waals surface area contributed by atoms with Crippen molar-refractivity contribution in [3.63, 3.8) is 0 Å². The molecular formula is C83H78Cl5N17O6. The number of amides is 4. The summed E-state index contributed by atoms with van der Waals surface area (Å²) in [6.07, 6.45) is 12.5. The molecular weight excluding hydrogens is 1510 g/mol. The lowest BCUT2D eigenvalue weighted by Crippen LogP contribution is -2.47. The Morgan fingerprint density at radius 1 is 0.396 bits per heavy atom. The Morgan fingerprint density at radius 2 is 0.730 bits per heavy atom. The molecule has 2 fully saturated rings. The Labute approximate surface area is 667 Å². The number of halogens is 5. The van der Waals surface area contributed by atoms with Crippen LogP contribution in [-0.4, -0.2) is 168 Å². The number of hydrogen-bond acceptors (Lipinski definition) is 19. The average molecular weight is 1590 g/mol. The van der Waals surface area contributed by atoms with E-state index in [0.29, 0.717) is 89.2 Å². The second-order valence-electron chi connectivity index (χ2n) is 25.3. The summed E-state index contributed by atoms with van der Waals surface area (Å²) in [6, 6.07) is 57.5. The molecule has 111 heavy (non-hydrogen) atoms. The standard InChI is InChI=1S/C23H24ClN5O2.C23H24ClN5O.C20H19ClN4O2.C17H11Cl2N3O/c24-20-6-5-18(15-19(20)21-3-1-2-8-25-21)27-23(31)17-4-7-22(26-16-17)29-11-9-28(10-12-29)13-14-30;1-2-28-11-13-29(14-12-28)22-9-6-17(16-26-22)23(30)27-18-7-8-20(24)19(15-18)21-5-3-4-10-25-21;1-13(26)11-23-19-8-5-14(12-24-19)20(27)25-15-6-7-17(21)16(10-15)18-4-2-3-9-22-18;18-14-6-5-12(9-13(14)15-3-1-2-8-20-15)22-17(23)11-4-7-16(19)21-10-11/h1-8,15-16,30H,9-14H2,(H,27,31);3-10,15-16H,2,11-14H2,1H3,(H,27,30);2-10,12-13,26H,11H2,1H3,(H,23,24)(H,25,27);1-10H,(H,22,23)/t;;13-;/m..1./s1. The predicted octanol–water partition coefficient (Wildman–Crippen LogP) is 15.9. The third-order valence-corrected chi connectivity index (χ3v) is 19.1. The van der Waals surface area contributed by atoms with E-state index >= 15 is 0 Å². The van der Waals surface area contributed by atoms with E-state index in [2.05, 4.69) is 93.0 Å². The number of pyridine rings is 8. The van der Waals surface area contributed by atoms with Gasteiger partial charge in [-0.2, -0.15) is 0 Å². The molecule has 0 spiro atoms. The minimum atomic E-state index is -0.479. The predicted molar refractivity (Wildman–Crippen MR) is 443 cm³/mol. The van der Waals surface area contributed by atoms with Crippen molar-refractivity contribution in [2.45, 2.75) is 20.0 Å². The van der Waals surface area contributed by atoms with Crippen molar-refractivity contribution in [1.29, 1.82) is 0 Å². The summed E-state index contributed by atoms with van der Waals surface area (Å²) in [7, 11) is 0. The smallest absolute Gasteiger partial charge is 0.257 e. The number of piperazine rings is 2. The second-order valence-corrected chi connectivity index (χ2v) is 27.3. The third kappa shape index (κ3) is 23.4. The van der Waals surface area contributed by atoms with Crippen LogP contribution in [-0.2, 0) is 0 Å². The lowest BCUT2D eigenvalue weighted by Gasteiger charge is -2.35. The summed E-state index contributed by atoms with van der Waals surface area (Å²) < 4.78 is 0.